The van der Waals surface area contributed by atoms with E-state index in [1.54, 1.807) is 0 Å². The third-order valence-electron chi connectivity index (χ3n) is 3.01. The van der Waals surface area contributed by atoms with Crippen molar-refractivity contribution in [1.29, 1.82) is 0 Å². The van der Waals surface area contributed by atoms with Crippen molar-refractivity contribution in [2.45, 2.75) is 13.3 Å². The number of halogens is 3. The Hall–Kier alpha value is -3.10. The van der Waals surface area contributed by atoms with Crippen LogP contribution in [0.4, 0.5) is 24.5 Å². The second-order valence-electron chi connectivity index (χ2n) is 4.75. The molecule has 2 aromatic rings. The van der Waals surface area contributed by atoms with Crippen molar-refractivity contribution < 1.29 is 27.6 Å². The smallest absolute Gasteiger partial charge is 0.406 e. The molecule has 0 aliphatic rings. The lowest BCUT2D eigenvalue weighted by molar-refractivity contribution is -0.385. The lowest BCUT2D eigenvalue weighted by atomic mass is 10.1. The van der Waals surface area contributed by atoms with E-state index in [-0.39, 0.29) is 16.9 Å². The second-order valence-corrected chi connectivity index (χ2v) is 4.75. The summed E-state index contributed by atoms with van der Waals surface area (Å²) in [5, 5.41) is 13.5. The number of nitro groups is 1. The number of carbonyl (C=O) groups is 1. The maximum Gasteiger partial charge on any atom is 0.573 e. The summed E-state index contributed by atoms with van der Waals surface area (Å²) in [7, 11) is 0. The van der Waals surface area contributed by atoms with Gasteiger partial charge in [-0.2, -0.15) is 0 Å². The van der Waals surface area contributed by atoms with Gasteiger partial charge < -0.3 is 10.1 Å². The largest absolute Gasteiger partial charge is 0.573 e. The standard InChI is InChI=1S/C15H11F3N2O4/c1-9-3-2-4-12(13(9)20(22)23)14(21)19-10-5-7-11(8-6-10)24-15(16,17)18/h2-8H,1H3,(H,19,21). The molecule has 0 aliphatic heterocycles. The number of alkyl halides is 3. The first-order chi connectivity index (χ1) is 11.2. The van der Waals surface area contributed by atoms with Crippen LogP contribution in [0.5, 0.6) is 5.75 Å². The second kappa shape index (κ2) is 6.57. The van der Waals surface area contributed by atoms with Crippen LogP contribution in [0.25, 0.3) is 0 Å². The first-order valence-corrected chi connectivity index (χ1v) is 6.58. The number of aryl methyl sites for hydroxylation is 1. The van der Waals surface area contributed by atoms with Crippen LogP contribution < -0.4 is 10.1 Å². The number of ether oxygens (including phenoxy) is 1. The van der Waals surface area contributed by atoms with Crippen LogP contribution in [0.1, 0.15) is 15.9 Å². The maximum atomic E-state index is 12.2. The lowest BCUT2D eigenvalue weighted by Crippen LogP contribution is -2.17. The fraction of sp³-hybridized carbons (Fsp3) is 0.133. The summed E-state index contributed by atoms with van der Waals surface area (Å²) in [5.74, 6) is -1.18. The predicted octanol–water partition coefficient (Wildman–Crippen LogP) is 4.05. The molecular formula is C15H11F3N2O4. The van der Waals surface area contributed by atoms with E-state index in [2.05, 4.69) is 10.1 Å². The molecule has 1 amide bonds. The maximum absolute atomic E-state index is 12.2. The fourth-order valence-electron chi connectivity index (χ4n) is 2.02. The third kappa shape index (κ3) is 4.22. The van der Waals surface area contributed by atoms with E-state index in [9.17, 15) is 28.1 Å². The Morgan fingerprint density at radius 3 is 2.33 bits per heavy atom. The molecular weight excluding hydrogens is 329 g/mol. The van der Waals surface area contributed by atoms with Gasteiger partial charge in [-0.15, -0.1) is 13.2 Å². The highest BCUT2D eigenvalue weighted by molar-refractivity contribution is 6.07. The van der Waals surface area contributed by atoms with Gasteiger partial charge >= 0.3 is 6.36 Å². The Morgan fingerprint density at radius 2 is 1.79 bits per heavy atom. The van der Waals surface area contributed by atoms with E-state index in [0.29, 0.717) is 5.56 Å². The monoisotopic (exact) mass is 340 g/mol. The first-order valence-electron chi connectivity index (χ1n) is 6.58. The molecule has 0 radical (unpaired) electrons. The van der Waals surface area contributed by atoms with Gasteiger partial charge in [-0.3, -0.25) is 14.9 Å². The van der Waals surface area contributed by atoms with E-state index in [1.807, 2.05) is 0 Å². The molecule has 6 nitrogen and oxygen atoms in total. The van der Waals surface area contributed by atoms with Gasteiger partial charge in [-0.25, -0.2) is 0 Å². The van der Waals surface area contributed by atoms with Crippen molar-refractivity contribution in [3.05, 3.63) is 63.7 Å². The Labute approximate surface area is 134 Å². The zero-order chi connectivity index (χ0) is 17.9. The van der Waals surface area contributed by atoms with E-state index >= 15 is 0 Å². The highest BCUT2D eigenvalue weighted by Crippen LogP contribution is 2.26. The molecule has 0 atom stereocenters. The van der Waals surface area contributed by atoms with Crippen LogP contribution in [-0.4, -0.2) is 17.2 Å². The summed E-state index contributed by atoms with van der Waals surface area (Å²) in [6.07, 6.45) is -4.81. The van der Waals surface area contributed by atoms with Gasteiger partial charge in [0.2, 0.25) is 0 Å². The van der Waals surface area contributed by atoms with Crippen molar-refractivity contribution in [3.8, 4) is 5.75 Å². The quantitative estimate of drug-likeness (QED) is 0.672. The summed E-state index contributed by atoms with van der Waals surface area (Å²) in [4.78, 5) is 22.6. The van der Waals surface area contributed by atoms with Crippen LogP contribution >= 0.6 is 0 Å². The zero-order valence-corrected chi connectivity index (χ0v) is 12.3. The Balaban J connectivity index is 2.19. The fourth-order valence-corrected chi connectivity index (χ4v) is 2.02. The third-order valence-corrected chi connectivity index (χ3v) is 3.01. The average Bonchev–Trinajstić information content (AvgIpc) is 2.47. The molecule has 0 unspecified atom stereocenters. The van der Waals surface area contributed by atoms with E-state index in [1.165, 1.54) is 37.3 Å². The van der Waals surface area contributed by atoms with Gasteiger partial charge in [-0.05, 0) is 37.3 Å². The van der Waals surface area contributed by atoms with Crippen molar-refractivity contribution in [1.82, 2.24) is 0 Å². The van der Waals surface area contributed by atoms with Crippen molar-refractivity contribution in [2.75, 3.05) is 5.32 Å². The van der Waals surface area contributed by atoms with Gasteiger partial charge in [-0.1, -0.05) is 12.1 Å². The Kier molecular flexibility index (Phi) is 4.72. The molecule has 2 aromatic carbocycles. The lowest BCUT2D eigenvalue weighted by Gasteiger charge is -2.10. The molecule has 2 rings (SSSR count). The molecule has 0 aliphatic carbocycles. The van der Waals surface area contributed by atoms with E-state index < -0.39 is 22.9 Å². The van der Waals surface area contributed by atoms with Gasteiger partial charge in [0, 0.05) is 11.3 Å². The van der Waals surface area contributed by atoms with Gasteiger partial charge in [0.1, 0.15) is 11.3 Å². The molecule has 0 bridgehead atoms. The number of nitrogens with zero attached hydrogens (tertiary/aromatic N) is 1. The number of amides is 1. The molecule has 0 spiro atoms. The van der Waals surface area contributed by atoms with Crippen molar-refractivity contribution in [2.24, 2.45) is 0 Å². The van der Waals surface area contributed by atoms with E-state index in [0.717, 1.165) is 12.1 Å². The number of para-hydroxylation sites is 1. The number of nitrogens with one attached hydrogen (secondary N) is 1. The van der Waals surface area contributed by atoms with Crippen molar-refractivity contribution >= 4 is 17.3 Å². The molecule has 9 heteroatoms. The molecule has 0 aromatic heterocycles. The van der Waals surface area contributed by atoms with Gasteiger partial charge in [0.05, 0.1) is 4.92 Å². The molecule has 0 heterocycles. The highest BCUT2D eigenvalue weighted by Gasteiger charge is 2.31. The molecule has 24 heavy (non-hydrogen) atoms. The average molecular weight is 340 g/mol. The summed E-state index contributed by atoms with van der Waals surface area (Å²) in [6.45, 7) is 1.50. The number of hydrogen-bond donors (Lipinski definition) is 1. The number of hydrogen-bond acceptors (Lipinski definition) is 4. The number of anilines is 1. The summed E-state index contributed by atoms with van der Waals surface area (Å²) in [5.41, 5.74) is 0.0227. The zero-order valence-electron chi connectivity index (χ0n) is 12.3. The van der Waals surface area contributed by atoms with Crippen LogP contribution in [0.3, 0.4) is 0 Å². The minimum absolute atomic E-state index is 0.143. The minimum atomic E-state index is -4.81. The normalized spacial score (nSPS) is 11.0. The number of carbonyl (C=O) groups excluding carboxylic acids is 1. The summed E-state index contributed by atoms with van der Waals surface area (Å²) >= 11 is 0. The Morgan fingerprint density at radius 1 is 1.17 bits per heavy atom. The summed E-state index contributed by atoms with van der Waals surface area (Å²) < 4.78 is 39.9. The van der Waals surface area contributed by atoms with E-state index in [4.69, 9.17) is 0 Å². The van der Waals surface area contributed by atoms with Crippen LogP contribution in [0.15, 0.2) is 42.5 Å². The topological polar surface area (TPSA) is 81.5 Å². The minimum Gasteiger partial charge on any atom is -0.406 e. The molecule has 126 valence electrons. The number of nitro benzene ring substituents is 1. The van der Waals surface area contributed by atoms with Gasteiger partial charge in [0.25, 0.3) is 11.6 Å². The first kappa shape index (κ1) is 17.3. The van der Waals surface area contributed by atoms with Crippen LogP contribution in [0, 0.1) is 17.0 Å². The SMILES string of the molecule is Cc1cccc(C(=O)Nc2ccc(OC(F)(F)F)cc2)c1[N+](=O)[O-]. The predicted molar refractivity (Wildman–Crippen MR) is 78.9 cm³/mol. The molecule has 0 saturated heterocycles. The number of benzene rings is 2. The van der Waals surface area contributed by atoms with Gasteiger partial charge in [0.15, 0.2) is 0 Å². The highest BCUT2D eigenvalue weighted by atomic mass is 19.4. The van der Waals surface area contributed by atoms with Crippen LogP contribution in [0.2, 0.25) is 0 Å². The molecule has 1 N–H and O–H groups in total. The van der Waals surface area contributed by atoms with Crippen molar-refractivity contribution in [3.63, 3.8) is 0 Å². The number of rotatable bonds is 4. The molecule has 0 fully saturated rings. The molecule has 0 saturated carbocycles. The van der Waals surface area contributed by atoms with Crippen LogP contribution in [-0.2, 0) is 0 Å². The summed E-state index contributed by atoms with van der Waals surface area (Å²) in [6, 6.07) is 8.72. The Bertz CT molecular complexity index is 773.